The molecule has 0 aliphatic carbocycles. The highest BCUT2D eigenvalue weighted by atomic mass is 32.2. The Bertz CT molecular complexity index is 929. The molecule has 1 fully saturated rings. The minimum atomic E-state index is -3.27. The molecule has 2 aromatic rings. The zero-order valence-electron chi connectivity index (χ0n) is 15.3. The number of aryl methyl sites for hydroxylation is 1. The molecule has 1 aromatic carbocycles. The summed E-state index contributed by atoms with van der Waals surface area (Å²) in [4.78, 5) is 23.4. The van der Waals surface area contributed by atoms with Crippen LogP contribution in [0.5, 0.6) is 0 Å². The van der Waals surface area contributed by atoms with Gasteiger partial charge in [-0.25, -0.2) is 22.7 Å². The number of piperidine rings is 1. The van der Waals surface area contributed by atoms with E-state index in [1.165, 1.54) is 10.6 Å². The van der Waals surface area contributed by atoms with E-state index in [1.54, 1.807) is 11.9 Å². The SMILES string of the molecule is Cc1nc(CN(C)C(=O)C2CCCN(S(C)(=O)=O)C2)nc2ccccc12. The highest BCUT2D eigenvalue weighted by Gasteiger charge is 2.31. The van der Waals surface area contributed by atoms with Crippen molar-refractivity contribution in [3.63, 3.8) is 0 Å². The van der Waals surface area contributed by atoms with E-state index in [9.17, 15) is 13.2 Å². The molecule has 3 rings (SSSR count). The number of amides is 1. The van der Waals surface area contributed by atoms with Crippen LogP contribution in [0.2, 0.25) is 0 Å². The zero-order chi connectivity index (χ0) is 18.9. The van der Waals surface area contributed by atoms with Gasteiger partial charge in [0, 0.05) is 31.2 Å². The predicted octanol–water partition coefficient (Wildman–Crippen LogP) is 1.57. The minimum Gasteiger partial charge on any atom is -0.338 e. The van der Waals surface area contributed by atoms with Crippen LogP contribution in [0.25, 0.3) is 10.9 Å². The first-order valence-corrected chi connectivity index (χ1v) is 10.5. The second-order valence-corrected chi connectivity index (χ2v) is 8.88. The number of carbonyl (C=O) groups is 1. The van der Waals surface area contributed by atoms with Crippen LogP contribution in [0.4, 0.5) is 0 Å². The lowest BCUT2D eigenvalue weighted by Gasteiger charge is -2.32. The van der Waals surface area contributed by atoms with Gasteiger partial charge in [-0.1, -0.05) is 18.2 Å². The smallest absolute Gasteiger partial charge is 0.227 e. The van der Waals surface area contributed by atoms with Crippen molar-refractivity contribution in [2.45, 2.75) is 26.3 Å². The molecule has 1 unspecified atom stereocenters. The Labute approximate surface area is 154 Å². The highest BCUT2D eigenvalue weighted by Crippen LogP contribution is 2.21. The van der Waals surface area contributed by atoms with Crippen LogP contribution >= 0.6 is 0 Å². The first kappa shape index (κ1) is 18.7. The number of aromatic nitrogens is 2. The van der Waals surface area contributed by atoms with Gasteiger partial charge in [-0.2, -0.15) is 0 Å². The summed E-state index contributed by atoms with van der Waals surface area (Å²) in [6.45, 7) is 2.97. The number of fused-ring (bicyclic) bond motifs is 1. The van der Waals surface area contributed by atoms with Gasteiger partial charge in [0.2, 0.25) is 15.9 Å². The number of benzene rings is 1. The Morgan fingerprint density at radius 1 is 1.31 bits per heavy atom. The molecule has 0 spiro atoms. The van der Waals surface area contributed by atoms with Crippen molar-refractivity contribution in [2.24, 2.45) is 5.92 Å². The molecule has 1 aliphatic heterocycles. The van der Waals surface area contributed by atoms with E-state index in [2.05, 4.69) is 9.97 Å². The lowest BCUT2D eigenvalue weighted by molar-refractivity contribution is -0.136. The monoisotopic (exact) mass is 376 g/mol. The molecule has 2 heterocycles. The van der Waals surface area contributed by atoms with Gasteiger partial charge < -0.3 is 4.90 Å². The van der Waals surface area contributed by atoms with Crippen LogP contribution in [-0.4, -0.2) is 59.9 Å². The molecule has 8 heteroatoms. The van der Waals surface area contributed by atoms with Gasteiger partial charge in [0.1, 0.15) is 5.82 Å². The zero-order valence-corrected chi connectivity index (χ0v) is 16.2. The Morgan fingerprint density at radius 2 is 2.04 bits per heavy atom. The minimum absolute atomic E-state index is 0.0623. The number of sulfonamides is 1. The second-order valence-electron chi connectivity index (χ2n) is 6.90. The van der Waals surface area contributed by atoms with E-state index >= 15 is 0 Å². The first-order valence-electron chi connectivity index (χ1n) is 8.68. The molecule has 1 amide bonds. The van der Waals surface area contributed by atoms with Crippen molar-refractivity contribution < 1.29 is 13.2 Å². The van der Waals surface area contributed by atoms with Gasteiger partial charge in [-0.3, -0.25) is 4.79 Å². The second kappa shape index (κ2) is 7.28. The molecule has 140 valence electrons. The summed E-state index contributed by atoms with van der Waals surface area (Å²) < 4.78 is 24.9. The third-order valence-corrected chi connectivity index (χ3v) is 6.07. The summed E-state index contributed by atoms with van der Waals surface area (Å²) in [6, 6.07) is 7.78. The largest absolute Gasteiger partial charge is 0.338 e. The molecule has 0 radical (unpaired) electrons. The van der Waals surface area contributed by atoms with Crippen molar-refractivity contribution in [1.82, 2.24) is 19.2 Å². The summed E-state index contributed by atoms with van der Waals surface area (Å²) in [6.07, 6.45) is 2.59. The number of rotatable bonds is 4. The molecule has 1 aliphatic rings. The van der Waals surface area contributed by atoms with Crippen molar-refractivity contribution >= 4 is 26.8 Å². The Kier molecular flexibility index (Phi) is 5.24. The molecule has 1 atom stereocenters. The van der Waals surface area contributed by atoms with Crippen LogP contribution in [0.3, 0.4) is 0 Å². The average molecular weight is 376 g/mol. The van der Waals surface area contributed by atoms with Gasteiger partial charge in [-0.05, 0) is 25.8 Å². The highest BCUT2D eigenvalue weighted by molar-refractivity contribution is 7.88. The molecule has 26 heavy (non-hydrogen) atoms. The maximum Gasteiger partial charge on any atom is 0.227 e. The standard InChI is InChI=1S/C18H24N4O3S/c1-13-15-8-4-5-9-16(15)20-17(19-13)12-21(2)18(23)14-7-6-10-22(11-14)26(3,24)25/h4-5,8-9,14H,6-7,10-12H2,1-3H3. The van der Waals surface area contributed by atoms with Crippen molar-refractivity contribution in [3.05, 3.63) is 35.8 Å². The lowest BCUT2D eigenvalue weighted by atomic mass is 9.98. The van der Waals surface area contributed by atoms with Crippen LogP contribution in [0.1, 0.15) is 24.4 Å². The summed E-state index contributed by atoms with van der Waals surface area (Å²) in [7, 11) is -1.55. The molecule has 0 saturated carbocycles. The lowest BCUT2D eigenvalue weighted by Crippen LogP contribution is -2.45. The summed E-state index contributed by atoms with van der Waals surface area (Å²) in [5, 5.41) is 1.00. The molecule has 0 bridgehead atoms. The number of hydrogen-bond donors (Lipinski definition) is 0. The fraction of sp³-hybridized carbons (Fsp3) is 0.500. The number of hydrogen-bond acceptors (Lipinski definition) is 5. The van der Waals surface area contributed by atoms with Gasteiger partial charge in [-0.15, -0.1) is 0 Å². The maximum absolute atomic E-state index is 12.8. The van der Waals surface area contributed by atoms with Gasteiger partial charge in [0.05, 0.1) is 24.2 Å². The molecular weight excluding hydrogens is 352 g/mol. The van der Waals surface area contributed by atoms with Crippen molar-refractivity contribution in [1.29, 1.82) is 0 Å². The maximum atomic E-state index is 12.8. The van der Waals surface area contributed by atoms with Gasteiger partial charge >= 0.3 is 0 Å². The van der Waals surface area contributed by atoms with Gasteiger partial charge in [0.15, 0.2) is 0 Å². The fourth-order valence-electron chi connectivity index (χ4n) is 3.41. The van der Waals surface area contributed by atoms with E-state index in [-0.39, 0.29) is 18.4 Å². The fourth-order valence-corrected chi connectivity index (χ4v) is 4.32. The van der Waals surface area contributed by atoms with Crippen LogP contribution in [0, 0.1) is 12.8 Å². The Balaban J connectivity index is 1.73. The van der Waals surface area contributed by atoms with E-state index in [1.807, 2.05) is 31.2 Å². The quantitative estimate of drug-likeness (QED) is 0.809. The van der Waals surface area contributed by atoms with Crippen LogP contribution < -0.4 is 0 Å². The molecule has 1 saturated heterocycles. The summed E-state index contributed by atoms with van der Waals surface area (Å²) >= 11 is 0. The van der Waals surface area contributed by atoms with Crippen molar-refractivity contribution in [2.75, 3.05) is 26.4 Å². The molecule has 7 nitrogen and oxygen atoms in total. The predicted molar refractivity (Wildman–Crippen MR) is 99.9 cm³/mol. The third kappa shape index (κ3) is 4.02. The van der Waals surface area contributed by atoms with E-state index in [0.717, 1.165) is 16.6 Å². The number of carbonyl (C=O) groups excluding carboxylic acids is 1. The number of nitrogens with zero attached hydrogens (tertiary/aromatic N) is 4. The van der Waals surface area contributed by atoms with E-state index in [0.29, 0.717) is 31.8 Å². The molecule has 1 aromatic heterocycles. The normalized spacial score (nSPS) is 18.8. The van der Waals surface area contributed by atoms with Crippen LogP contribution in [0.15, 0.2) is 24.3 Å². The summed E-state index contributed by atoms with van der Waals surface area (Å²) in [5.41, 5.74) is 1.74. The van der Waals surface area contributed by atoms with E-state index < -0.39 is 10.0 Å². The topological polar surface area (TPSA) is 83.5 Å². The average Bonchev–Trinajstić information content (AvgIpc) is 2.60. The Morgan fingerprint density at radius 3 is 2.77 bits per heavy atom. The van der Waals surface area contributed by atoms with Crippen LogP contribution in [-0.2, 0) is 21.4 Å². The molecule has 0 N–H and O–H groups in total. The summed E-state index contributed by atoms with van der Waals surface area (Å²) in [5.74, 6) is 0.214. The van der Waals surface area contributed by atoms with Crippen molar-refractivity contribution in [3.8, 4) is 0 Å². The molecular formula is C18H24N4O3S. The first-order chi connectivity index (χ1) is 12.3. The third-order valence-electron chi connectivity index (χ3n) is 4.80. The van der Waals surface area contributed by atoms with Gasteiger partial charge in [0.25, 0.3) is 0 Å². The van der Waals surface area contributed by atoms with E-state index in [4.69, 9.17) is 0 Å². The number of para-hydroxylation sites is 1. The Hall–Kier alpha value is -2.06.